The van der Waals surface area contributed by atoms with Crippen LogP contribution in [0.15, 0.2) is 42.5 Å². The molecule has 1 nitrogen and oxygen atoms in total. The van der Waals surface area contributed by atoms with E-state index in [0.717, 1.165) is 16.7 Å². The zero-order chi connectivity index (χ0) is 13.8. The first-order valence-corrected chi connectivity index (χ1v) is 6.76. The molecule has 0 aliphatic heterocycles. The minimum Gasteiger partial charge on any atom is -0.198 e. The third-order valence-electron chi connectivity index (χ3n) is 3.16. The molecule has 0 aromatic heterocycles. The molecule has 3 heteroatoms. The van der Waals surface area contributed by atoms with Gasteiger partial charge in [-0.2, -0.15) is 5.26 Å². The molecule has 0 N–H and O–H groups in total. The van der Waals surface area contributed by atoms with E-state index in [-0.39, 0.29) is 5.92 Å². The van der Waals surface area contributed by atoms with E-state index < -0.39 is 0 Å². The Hall–Kier alpha value is -1.49. The molecule has 96 valence electrons. The molecule has 0 spiro atoms. The summed E-state index contributed by atoms with van der Waals surface area (Å²) in [5.74, 6) is -0.195. The van der Waals surface area contributed by atoms with E-state index in [1.165, 1.54) is 0 Å². The molecule has 0 amide bonds. The number of nitrogens with zero attached hydrogens (tertiary/aromatic N) is 1. The second kappa shape index (κ2) is 6.10. The van der Waals surface area contributed by atoms with Gasteiger partial charge in [-0.25, -0.2) is 0 Å². The summed E-state index contributed by atoms with van der Waals surface area (Å²) < 4.78 is 0. The van der Waals surface area contributed by atoms with Crippen molar-refractivity contribution in [1.29, 1.82) is 5.26 Å². The Bertz CT molecular complexity index is 629. The predicted molar refractivity (Wildman–Crippen MR) is 79.7 cm³/mol. The summed E-state index contributed by atoms with van der Waals surface area (Å²) in [6, 6.07) is 15.7. The zero-order valence-electron chi connectivity index (χ0n) is 10.5. The quantitative estimate of drug-likeness (QED) is 0.766. The molecule has 2 aromatic rings. The maximum Gasteiger partial charge on any atom is 0.0756 e. The predicted octanol–water partition coefficient (Wildman–Crippen LogP) is 5.15. The fourth-order valence-electron chi connectivity index (χ4n) is 2.11. The standard InChI is InChI=1S/C16H13Cl2N/c1-11-4-2-3-5-15(11)13(10-19)8-12-6-7-14(17)9-16(12)18/h2-7,9,13H,8H2,1H3/t13-/m0/s1. The molecular weight excluding hydrogens is 277 g/mol. The highest BCUT2D eigenvalue weighted by molar-refractivity contribution is 6.35. The number of rotatable bonds is 3. The maximum atomic E-state index is 9.39. The fourth-order valence-corrected chi connectivity index (χ4v) is 2.60. The van der Waals surface area contributed by atoms with Gasteiger partial charge in [0.2, 0.25) is 0 Å². The number of aryl methyl sites for hydroxylation is 1. The van der Waals surface area contributed by atoms with Gasteiger partial charge in [-0.3, -0.25) is 0 Å². The molecule has 0 radical (unpaired) electrons. The van der Waals surface area contributed by atoms with E-state index in [1.54, 1.807) is 12.1 Å². The van der Waals surface area contributed by atoms with Crippen molar-refractivity contribution < 1.29 is 0 Å². The smallest absolute Gasteiger partial charge is 0.0756 e. The molecule has 0 saturated carbocycles. The first-order valence-electron chi connectivity index (χ1n) is 6.01. The molecule has 0 unspecified atom stereocenters. The van der Waals surface area contributed by atoms with E-state index in [2.05, 4.69) is 6.07 Å². The molecule has 0 aliphatic carbocycles. The summed E-state index contributed by atoms with van der Waals surface area (Å²) in [5, 5.41) is 10.6. The monoisotopic (exact) mass is 289 g/mol. The van der Waals surface area contributed by atoms with Gasteiger partial charge in [-0.05, 0) is 42.2 Å². The summed E-state index contributed by atoms with van der Waals surface area (Å²) in [6.07, 6.45) is 0.595. The molecule has 0 saturated heterocycles. The summed E-state index contributed by atoms with van der Waals surface area (Å²) in [5.41, 5.74) is 3.12. The summed E-state index contributed by atoms with van der Waals surface area (Å²) in [6.45, 7) is 2.02. The van der Waals surface area contributed by atoms with Crippen molar-refractivity contribution in [3.63, 3.8) is 0 Å². The van der Waals surface area contributed by atoms with Gasteiger partial charge < -0.3 is 0 Å². The van der Waals surface area contributed by atoms with Gasteiger partial charge in [0.05, 0.1) is 12.0 Å². The molecule has 19 heavy (non-hydrogen) atoms. The van der Waals surface area contributed by atoms with Crippen molar-refractivity contribution in [2.24, 2.45) is 0 Å². The average molecular weight is 290 g/mol. The second-order valence-electron chi connectivity index (χ2n) is 4.48. The van der Waals surface area contributed by atoms with Crippen LogP contribution in [0.3, 0.4) is 0 Å². The van der Waals surface area contributed by atoms with E-state index >= 15 is 0 Å². The van der Waals surface area contributed by atoms with Crippen LogP contribution >= 0.6 is 23.2 Å². The molecule has 0 aliphatic rings. The highest BCUT2D eigenvalue weighted by Crippen LogP contribution is 2.28. The number of nitriles is 1. The van der Waals surface area contributed by atoms with Crippen molar-refractivity contribution in [1.82, 2.24) is 0 Å². The van der Waals surface area contributed by atoms with Crippen LogP contribution in [0.2, 0.25) is 10.0 Å². The Morgan fingerprint density at radius 1 is 1.16 bits per heavy atom. The average Bonchev–Trinajstić information content (AvgIpc) is 2.39. The Balaban J connectivity index is 2.30. The largest absolute Gasteiger partial charge is 0.198 e. The number of benzene rings is 2. The molecule has 0 heterocycles. The third-order valence-corrected chi connectivity index (χ3v) is 3.75. The van der Waals surface area contributed by atoms with Crippen LogP contribution in [0, 0.1) is 18.3 Å². The SMILES string of the molecule is Cc1ccccc1[C@H](C#N)Cc1ccc(Cl)cc1Cl. The lowest BCUT2D eigenvalue weighted by atomic mass is 9.90. The van der Waals surface area contributed by atoms with Crippen molar-refractivity contribution in [2.75, 3.05) is 0 Å². The number of hydrogen-bond donors (Lipinski definition) is 0. The van der Waals surface area contributed by atoms with Crippen molar-refractivity contribution in [2.45, 2.75) is 19.3 Å². The van der Waals surface area contributed by atoms with Crippen LogP contribution in [0.25, 0.3) is 0 Å². The molecule has 2 rings (SSSR count). The molecule has 2 aromatic carbocycles. The highest BCUT2D eigenvalue weighted by atomic mass is 35.5. The zero-order valence-corrected chi connectivity index (χ0v) is 12.0. The first kappa shape index (κ1) is 13.9. The van der Waals surface area contributed by atoms with Crippen molar-refractivity contribution in [3.05, 3.63) is 69.2 Å². The van der Waals surface area contributed by atoms with Crippen LogP contribution < -0.4 is 0 Å². The molecule has 0 bridgehead atoms. The van der Waals surface area contributed by atoms with Crippen LogP contribution in [0.4, 0.5) is 0 Å². The number of halogens is 2. The maximum absolute atomic E-state index is 9.39. The Labute approximate surface area is 123 Å². The second-order valence-corrected chi connectivity index (χ2v) is 5.32. The first-order chi connectivity index (χ1) is 9.11. The van der Waals surface area contributed by atoms with E-state index in [1.807, 2.05) is 37.3 Å². The normalized spacial score (nSPS) is 11.9. The fraction of sp³-hybridized carbons (Fsp3) is 0.188. The third kappa shape index (κ3) is 3.29. The van der Waals surface area contributed by atoms with Crippen LogP contribution in [0.1, 0.15) is 22.6 Å². The van der Waals surface area contributed by atoms with Crippen molar-refractivity contribution >= 4 is 23.2 Å². The van der Waals surface area contributed by atoms with Gasteiger partial charge in [0.25, 0.3) is 0 Å². The van der Waals surface area contributed by atoms with Crippen LogP contribution in [0.5, 0.6) is 0 Å². The van der Waals surface area contributed by atoms with Gasteiger partial charge in [0, 0.05) is 10.0 Å². The van der Waals surface area contributed by atoms with Gasteiger partial charge in [-0.1, -0.05) is 53.5 Å². The lowest BCUT2D eigenvalue weighted by molar-refractivity contribution is 0.841. The lowest BCUT2D eigenvalue weighted by Gasteiger charge is -2.13. The highest BCUT2D eigenvalue weighted by Gasteiger charge is 2.15. The van der Waals surface area contributed by atoms with Gasteiger partial charge in [0.15, 0.2) is 0 Å². The Morgan fingerprint density at radius 3 is 2.53 bits per heavy atom. The minimum atomic E-state index is -0.195. The summed E-state index contributed by atoms with van der Waals surface area (Å²) in [4.78, 5) is 0. The molecular formula is C16H13Cl2N. The van der Waals surface area contributed by atoms with Gasteiger partial charge in [-0.15, -0.1) is 0 Å². The van der Waals surface area contributed by atoms with Gasteiger partial charge in [0.1, 0.15) is 0 Å². The lowest BCUT2D eigenvalue weighted by Crippen LogP contribution is -2.03. The Morgan fingerprint density at radius 2 is 1.89 bits per heavy atom. The van der Waals surface area contributed by atoms with E-state index in [4.69, 9.17) is 23.2 Å². The van der Waals surface area contributed by atoms with E-state index in [0.29, 0.717) is 16.5 Å². The molecule has 1 atom stereocenters. The number of hydrogen-bond acceptors (Lipinski definition) is 1. The van der Waals surface area contributed by atoms with Crippen LogP contribution in [-0.4, -0.2) is 0 Å². The van der Waals surface area contributed by atoms with Crippen molar-refractivity contribution in [3.8, 4) is 6.07 Å². The van der Waals surface area contributed by atoms with Gasteiger partial charge >= 0.3 is 0 Å². The summed E-state index contributed by atoms with van der Waals surface area (Å²) in [7, 11) is 0. The Kier molecular flexibility index (Phi) is 4.47. The van der Waals surface area contributed by atoms with Crippen LogP contribution in [-0.2, 0) is 6.42 Å². The summed E-state index contributed by atoms with van der Waals surface area (Å²) >= 11 is 12.0. The van der Waals surface area contributed by atoms with E-state index in [9.17, 15) is 5.26 Å². The molecule has 0 fully saturated rings. The minimum absolute atomic E-state index is 0.195. The topological polar surface area (TPSA) is 23.8 Å².